The zero-order valence-corrected chi connectivity index (χ0v) is 19.2. The van der Waals surface area contributed by atoms with Crippen LogP contribution in [0.1, 0.15) is 48.8 Å². The molecule has 0 spiro atoms. The number of nitrogens with zero attached hydrogens (tertiary/aromatic N) is 3. The summed E-state index contributed by atoms with van der Waals surface area (Å²) in [6.45, 7) is 8.95. The van der Waals surface area contributed by atoms with Crippen LogP contribution >= 0.6 is 0 Å². The third-order valence-corrected chi connectivity index (χ3v) is 5.36. The first kappa shape index (κ1) is 25.0. The Morgan fingerprint density at radius 3 is 2.59 bits per heavy atom. The number of aryl methyl sites for hydroxylation is 1. The maximum atomic E-state index is 13.4. The standard InChI is InChI=1S/C25H32F2N4O/c1-6-8-15-30(5)23-14-11-20(28)16-22(23)24(32)31(7-2)18(3)9-12-21-13-10-19(17-29-21)25(4,26)27/h6,8,10-11,13-18H,1,7,9,12,28H2,2-5H3/b15-8-. The highest BCUT2D eigenvalue weighted by Gasteiger charge is 2.25. The second-order valence-corrected chi connectivity index (χ2v) is 7.87. The van der Waals surface area contributed by atoms with Gasteiger partial charge in [-0.1, -0.05) is 12.7 Å². The molecular weight excluding hydrogens is 410 g/mol. The van der Waals surface area contributed by atoms with Crippen LogP contribution in [0.5, 0.6) is 0 Å². The van der Waals surface area contributed by atoms with E-state index in [0.717, 1.165) is 12.6 Å². The van der Waals surface area contributed by atoms with Crippen LogP contribution in [0.3, 0.4) is 0 Å². The Kier molecular flexibility index (Phi) is 8.52. The molecule has 0 bridgehead atoms. The molecule has 1 aromatic carbocycles. The molecule has 32 heavy (non-hydrogen) atoms. The van der Waals surface area contributed by atoms with Crippen molar-refractivity contribution in [1.29, 1.82) is 0 Å². The molecule has 172 valence electrons. The third kappa shape index (κ3) is 6.39. The van der Waals surface area contributed by atoms with Gasteiger partial charge in [0.25, 0.3) is 11.8 Å². The predicted molar refractivity (Wildman–Crippen MR) is 127 cm³/mol. The molecule has 1 heterocycles. The Morgan fingerprint density at radius 1 is 1.31 bits per heavy atom. The van der Waals surface area contributed by atoms with Crippen molar-refractivity contribution in [3.05, 3.63) is 78.3 Å². The first-order chi connectivity index (χ1) is 15.1. The van der Waals surface area contributed by atoms with Gasteiger partial charge in [-0.25, -0.2) is 8.78 Å². The second kappa shape index (κ2) is 10.9. The summed E-state index contributed by atoms with van der Waals surface area (Å²) in [5.41, 5.74) is 8.35. The van der Waals surface area contributed by atoms with Crippen molar-refractivity contribution in [1.82, 2.24) is 9.88 Å². The van der Waals surface area contributed by atoms with Gasteiger partial charge in [0.2, 0.25) is 0 Å². The van der Waals surface area contributed by atoms with E-state index in [1.807, 2.05) is 38.1 Å². The molecule has 1 atom stereocenters. The number of carbonyl (C=O) groups excluding carboxylic acids is 1. The number of allylic oxidation sites excluding steroid dienone is 2. The maximum absolute atomic E-state index is 13.4. The fraction of sp³-hybridized carbons (Fsp3) is 0.360. The van der Waals surface area contributed by atoms with E-state index in [-0.39, 0.29) is 17.5 Å². The number of alkyl halides is 2. The number of amides is 1. The van der Waals surface area contributed by atoms with Crippen LogP contribution in [0.15, 0.2) is 61.5 Å². The van der Waals surface area contributed by atoms with Gasteiger partial charge in [0.1, 0.15) is 0 Å². The van der Waals surface area contributed by atoms with Crippen LogP contribution in [-0.4, -0.2) is 35.4 Å². The Balaban J connectivity index is 2.17. The van der Waals surface area contributed by atoms with E-state index in [0.29, 0.717) is 36.3 Å². The predicted octanol–water partition coefficient (Wildman–Crippen LogP) is 5.39. The molecule has 0 fully saturated rings. The molecule has 0 radical (unpaired) electrons. The van der Waals surface area contributed by atoms with Crippen molar-refractivity contribution in [3.63, 3.8) is 0 Å². The van der Waals surface area contributed by atoms with E-state index in [1.165, 1.54) is 12.3 Å². The highest BCUT2D eigenvalue weighted by molar-refractivity contribution is 6.01. The summed E-state index contributed by atoms with van der Waals surface area (Å²) in [6.07, 6.45) is 7.72. The average Bonchev–Trinajstić information content (AvgIpc) is 2.76. The SMILES string of the molecule is C=C/C=C\N(C)c1ccc(N)cc1C(=O)N(CC)C(C)CCc1ccc(C(C)(F)F)cn1. The molecule has 0 aliphatic carbocycles. The lowest BCUT2D eigenvalue weighted by Crippen LogP contribution is -2.39. The smallest absolute Gasteiger partial charge is 0.272 e. The molecular formula is C25H32F2N4O. The van der Waals surface area contributed by atoms with E-state index in [4.69, 9.17) is 5.73 Å². The zero-order valence-electron chi connectivity index (χ0n) is 19.2. The van der Waals surface area contributed by atoms with Crippen molar-refractivity contribution in [2.24, 2.45) is 0 Å². The molecule has 1 amide bonds. The highest BCUT2D eigenvalue weighted by atomic mass is 19.3. The van der Waals surface area contributed by atoms with Gasteiger partial charge in [0, 0.05) is 55.9 Å². The minimum Gasteiger partial charge on any atom is -0.399 e. The fourth-order valence-electron chi connectivity index (χ4n) is 3.46. The van der Waals surface area contributed by atoms with Crippen LogP contribution in [0.25, 0.3) is 0 Å². The normalized spacial score (nSPS) is 12.6. The number of aromatic nitrogens is 1. The Labute approximate surface area is 189 Å². The lowest BCUT2D eigenvalue weighted by atomic mass is 10.0. The average molecular weight is 443 g/mol. The van der Waals surface area contributed by atoms with E-state index >= 15 is 0 Å². The Hall–Kier alpha value is -3.22. The maximum Gasteiger partial charge on any atom is 0.272 e. The quantitative estimate of drug-likeness (QED) is 0.396. The topological polar surface area (TPSA) is 62.5 Å². The van der Waals surface area contributed by atoms with Gasteiger partial charge in [0.05, 0.1) is 11.3 Å². The van der Waals surface area contributed by atoms with Gasteiger partial charge in [0.15, 0.2) is 0 Å². The molecule has 2 rings (SSSR count). The van der Waals surface area contributed by atoms with Crippen LogP contribution in [-0.2, 0) is 12.3 Å². The summed E-state index contributed by atoms with van der Waals surface area (Å²) in [7, 11) is 1.86. The number of nitrogens with two attached hydrogens (primary N) is 1. The number of anilines is 2. The van der Waals surface area contributed by atoms with Gasteiger partial charge in [-0.2, -0.15) is 0 Å². The number of pyridine rings is 1. The number of halogens is 2. The molecule has 0 aliphatic heterocycles. The zero-order chi connectivity index (χ0) is 23.9. The number of nitrogen functional groups attached to an aromatic ring is 1. The molecule has 0 saturated carbocycles. The van der Waals surface area contributed by atoms with Gasteiger partial charge in [-0.3, -0.25) is 9.78 Å². The number of benzene rings is 1. The molecule has 7 heteroatoms. The number of rotatable bonds is 10. The van der Waals surface area contributed by atoms with Crippen molar-refractivity contribution < 1.29 is 13.6 Å². The largest absolute Gasteiger partial charge is 0.399 e. The van der Waals surface area contributed by atoms with E-state index in [1.54, 1.807) is 35.3 Å². The number of carbonyl (C=O) groups is 1. The summed E-state index contributed by atoms with van der Waals surface area (Å²) in [6, 6.07) is 8.22. The van der Waals surface area contributed by atoms with Crippen molar-refractivity contribution in [2.45, 2.75) is 45.6 Å². The van der Waals surface area contributed by atoms with Gasteiger partial charge in [-0.15, -0.1) is 0 Å². The van der Waals surface area contributed by atoms with Crippen LogP contribution in [0, 0.1) is 0 Å². The minimum absolute atomic E-state index is 0.0788. The summed E-state index contributed by atoms with van der Waals surface area (Å²) < 4.78 is 26.8. The lowest BCUT2D eigenvalue weighted by Gasteiger charge is -2.30. The molecule has 5 nitrogen and oxygen atoms in total. The lowest BCUT2D eigenvalue weighted by molar-refractivity contribution is 0.0171. The molecule has 1 aromatic heterocycles. The molecule has 0 saturated heterocycles. The molecule has 2 N–H and O–H groups in total. The Morgan fingerprint density at radius 2 is 2.03 bits per heavy atom. The van der Waals surface area contributed by atoms with Crippen molar-refractivity contribution in [3.8, 4) is 0 Å². The molecule has 2 aromatic rings. The first-order valence-electron chi connectivity index (χ1n) is 10.6. The van der Waals surface area contributed by atoms with Crippen LogP contribution in [0.4, 0.5) is 20.2 Å². The number of hydrogen-bond acceptors (Lipinski definition) is 4. The second-order valence-electron chi connectivity index (χ2n) is 7.87. The van der Waals surface area contributed by atoms with Crippen molar-refractivity contribution >= 4 is 17.3 Å². The monoisotopic (exact) mass is 442 g/mol. The fourth-order valence-corrected chi connectivity index (χ4v) is 3.46. The summed E-state index contributed by atoms with van der Waals surface area (Å²) in [5.74, 6) is -3.02. The summed E-state index contributed by atoms with van der Waals surface area (Å²) >= 11 is 0. The number of hydrogen-bond donors (Lipinski definition) is 1. The van der Waals surface area contributed by atoms with Crippen LogP contribution < -0.4 is 10.6 Å². The van der Waals surface area contributed by atoms with Gasteiger partial charge < -0.3 is 15.5 Å². The van der Waals surface area contributed by atoms with E-state index in [2.05, 4.69) is 11.6 Å². The van der Waals surface area contributed by atoms with Gasteiger partial charge >= 0.3 is 0 Å². The minimum atomic E-state index is -2.91. The molecule has 0 aliphatic rings. The van der Waals surface area contributed by atoms with E-state index < -0.39 is 5.92 Å². The van der Waals surface area contributed by atoms with E-state index in [9.17, 15) is 13.6 Å². The highest BCUT2D eigenvalue weighted by Crippen LogP contribution is 2.27. The van der Waals surface area contributed by atoms with Crippen LogP contribution in [0.2, 0.25) is 0 Å². The summed E-state index contributed by atoms with van der Waals surface area (Å²) in [4.78, 5) is 21.2. The third-order valence-electron chi connectivity index (χ3n) is 5.36. The van der Waals surface area contributed by atoms with Gasteiger partial charge in [-0.05, 0) is 63.1 Å². The Bertz CT molecular complexity index is 951. The van der Waals surface area contributed by atoms with Crippen molar-refractivity contribution in [2.75, 3.05) is 24.2 Å². The first-order valence-corrected chi connectivity index (χ1v) is 10.6. The molecule has 1 unspecified atom stereocenters. The summed E-state index contributed by atoms with van der Waals surface area (Å²) in [5, 5.41) is 0.